The van der Waals surface area contributed by atoms with Crippen molar-refractivity contribution in [3.63, 3.8) is 0 Å². The fourth-order valence-electron chi connectivity index (χ4n) is 2.69. The van der Waals surface area contributed by atoms with Crippen LogP contribution in [0.5, 0.6) is 5.75 Å². The van der Waals surface area contributed by atoms with Crippen molar-refractivity contribution in [3.8, 4) is 5.75 Å². The molecule has 2 rings (SSSR count). The summed E-state index contributed by atoms with van der Waals surface area (Å²) in [6, 6.07) is 12.0. The Morgan fingerprint density at radius 2 is 2.11 bits per heavy atom. The second kappa shape index (κ2) is 11.3. The van der Waals surface area contributed by atoms with Gasteiger partial charge in [0.1, 0.15) is 12.4 Å². The van der Waals surface area contributed by atoms with Crippen LogP contribution in [-0.4, -0.2) is 37.6 Å². The minimum absolute atomic E-state index is 0.102. The van der Waals surface area contributed by atoms with Gasteiger partial charge in [-0.2, -0.15) is 0 Å². The Morgan fingerprint density at radius 3 is 2.79 bits per heavy atom. The van der Waals surface area contributed by atoms with Crippen LogP contribution in [0.2, 0.25) is 0 Å². The van der Waals surface area contributed by atoms with Gasteiger partial charge in [0.05, 0.1) is 6.54 Å². The summed E-state index contributed by atoms with van der Waals surface area (Å²) in [5.74, 6) is 1.40. The minimum Gasteiger partial charge on any atom is -0.492 e. The molecule has 1 atom stereocenters. The number of hydrogen-bond donors (Lipinski definition) is 3. The summed E-state index contributed by atoms with van der Waals surface area (Å²) in [6.45, 7) is 9.61. The molecule has 28 heavy (non-hydrogen) atoms. The van der Waals surface area contributed by atoms with E-state index in [4.69, 9.17) is 4.74 Å². The van der Waals surface area contributed by atoms with E-state index < -0.39 is 0 Å². The minimum atomic E-state index is -0.102. The number of amides is 1. The Balaban J connectivity index is 1.82. The Kier molecular flexibility index (Phi) is 8.81. The van der Waals surface area contributed by atoms with Crippen molar-refractivity contribution < 1.29 is 9.53 Å². The molecule has 0 saturated heterocycles. The number of ether oxygens (including phenoxy) is 1. The van der Waals surface area contributed by atoms with E-state index in [2.05, 4.69) is 53.8 Å². The van der Waals surface area contributed by atoms with Crippen LogP contribution in [0.4, 0.5) is 5.69 Å². The second-order valence-corrected chi connectivity index (χ2v) is 7.95. The van der Waals surface area contributed by atoms with E-state index in [1.54, 1.807) is 6.07 Å². The molecule has 0 fully saturated rings. The molecule has 0 radical (unpaired) electrons. The van der Waals surface area contributed by atoms with Crippen molar-refractivity contribution >= 4 is 28.9 Å². The van der Waals surface area contributed by atoms with Crippen molar-refractivity contribution in [2.45, 2.75) is 40.2 Å². The summed E-state index contributed by atoms with van der Waals surface area (Å²) in [5.41, 5.74) is 0.723. The van der Waals surface area contributed by atoms with E-state index in [1.165, 1.54) is 16.7 Å². The Bertz CT molecular complexity index is 788. The normalized spacial score (nSPS) is 12.4. The first-order valence-electron chi connectivity index (χ1n) is 9.57. The first-order chi connectivity index (χ1) is 13.5. The van der Waals surface area contributed by atoms with Crippen molar-refractivity contribution in [1.82, 2.24) is 10.6 Å². The zero-order chi connectivity index (χ0) is 20.4. The summed E-state index contributed by atoms with van der Waals surface area (Å²) >= 11 is 1.83. The second-order valence-electron chi connectivity index (χ2n) is 6.58. The SMILES string of the molecule is CCNC(=NCCOc1cccc(NC(C)=O)c1)NC(C)Cc1ccc(C)s1. The van der Waals surface area contributed by atoms with Crippen LogP contribution in [0.25, 0.3) is 0 Å². The summed E-state index contributed by atoms with van der Waals surface area (Å²) < 4.78 is 5.75. The highest BCUT2D eigenvalue weighted by atomic mass is 32.1. The lowest BCUT2D eigenvalue weighted by molar-refractivity contribution is -0.114. The maximum atomic E-state index is 11.1. The zero-order valence-electron chi connectivity index (χ0n) is 17.0. The lowest BCUT2D eigenvalue weighted by Crippen LogP contribution is -2.43. The standard InChI is InChI=1S/C21H30N4O2S/c1-5-22-21(24-15(2)13-20-10-9-16(3)28-20)23-11-12-27-19-8-6-7-18(14-19)25-17(4)26/h6-10,14-15H,5,11-13H2,1-4H3,(H,25,26)(H2,22,23,24). The smallest absolute Gasteiger partial charge is 0.221 e. The molecule has 1 aromatic heterocycles. The predicted octanol–water partition coefficient (Wildman–Crippen LogP) is 3.58. The van der Waals surface area contributed by atoms with E-state index >= 15 is 0 Å². The first kappa shape index (κ1) is 21.8. The third kappa shape index (κ3) is 8.00. The number of nitrogens with one attached hydrogen (secondary N) is 3. The molecule has 1 aromatic carbocycles. The fourth-order valence-corrected chi connectivity index (χ4v) is 3.71. The van der Waals surface area contributed by atoms with E-state index in [0.717, 1.165) is 24.6 Å². The molecule has 0 saturated carbocycles. The van der Waals surface area contributed by atoms with Gasteiger partial charge in [-0.1, -0.05) is 6.07 Å². The lowest BCUT2D eigenvalue weighted by atomic mass is 10.2. The van der Waals surface area contributed by atoms with Gasteiger partial charge in [-0.15, -0.1) is 11.3 Å². The monoisotopic (exact) mass is 402 g/mol. The number of carbonyl (C=O) groups excluding carboxylic acids is 1. The molecule has 0 aliphatic heterocycles. The van der Waals surface area contributed by atoms with Crippen molar-refractivity contribution in [3.05, 3.63) is 46.2 Å². The van der Waals surface area contributed by atoms with Gasteiger partial charge in [0, 0.05) is 47.4 Å². The average Bonchev–Trinajstić information content (AvgIpc) is 3.03. The molecule has 3 N–H and O–H groups in total. The number of nitrogens with zero attached hydrogens (tertiary/aromatic N) is 1. The predicted molar refractivity (Wildman–Crippen MR) is 118 cm³/mol. The largest absolute Gasteiger partial charge is 0.492 e. The van der Waals surface area contributed by atoms with Crippen molar-refractivity contribution in [1.29, 1.82) is 0 Å². The molecule has 6 nitrogen and oxygen atoms in total. The van der Waals surface area contributed by atoms with Gasteiger partial charge in [0.15, 0.2) is 5.96 Å². The molecule has 0 aliphatic rings. The molecule has 152 valence electrons. The number of guanidine groups is 1. The van der Waals surface area contributed by atoms with Crippen molar-refractivity contribution in [2.24, 2.45) is 4.99 Å². The van der Waals surface area contributed by atoms with E-state index in [9.17, 15) is 4.79 Å². The Morgan fingerprint density at radius 1 is 1.29 bits per heavy atom. The van der Waals surface area contributed by atoms with Gasteiger partial charge in [0.2, 0.25) is 5.91 Å². The van der Waals surface area contributed by atoms with Crippen LogP contribution in [0.3, 0.4) is 0 Å². The maximum absolute atomic E-state index is 11.1. The molecule has 0 spiro atoms. The molecule has 7 heteroatoms. The Labute approximate surface area is 171 Å². The summed E-state index contributed by atoms with van der Waals surface area (Å²) in [5, 5.41) is 9.47. The zero-order valence-corrected chi connectivity index (χ0v) is 17.9. The highest BCUT2D eigenvalue weighted by molar-refractivity contribution is 7.11. The number of anilines is 1. The van der Waals surface area contributed by atoms with Gasteiger partial charge in [-0.05, 0) is 45.0 Å². The maximum Gasteiger partial charge on any atom is 0.221 e. The van der Waals surface area contributed by atoms with Crippen LogP contribution in [0.1, 0.15) is 30.5 Å². The average molecular weight is 403 g/mol. The summed E-state index contributed by atoms with van der Waals surface area (Å²) in [6.07, 6.45) is 0.968. The van der Waals surface area contributed by atoms with E-state index in [1.807, 2.05) is 29.5 Å². The van der Waals surface area contributed by atoms with Crippen LogP contribution < -0.4 is 20.7 Å². The van der Waals surface area contributed by atoms with Crippen LogP contribution in [-0.2, 0) is 11.2 Å². The topological polar surface area (TPSA) is 74.8 Å². The highest BCUT2D eigenvalue weighted by Crippen LogP contribution is 2.17. The van der Waals surface area contributed by atoms with Crippen LogP contribution >= 0.6 is 11.3 Å². The van der Waals surface area contributed by atoms with Gasteiger partial charge in [0.25, 0.3) is 0 Å². The van der Waals surface area contributed by atoms with Crippen molar-refractivity contribution in [2.75, 3.05) is 25.0 Å². The number of benzene rings is 1. The molecular weight excluding hydrogens is 372 g/mol. The van der Waals surface area contributed by atoms with Gasteiger partial charge >= 0.3 is 0 Å². The van der Waals surface area contributed by atoms with Crippen LogP contribution in [0.15, 0.2) is 41.4 Å². The number of rotatable bonds is 9. The third-order valence-corrected chi connectivity index (χ3v) is 4.84. The molecule has 0 aliphatic carbocycles. The quantitative estimate of drug-likeness (QED) is 0.340. The number of hydrogen-bond acceptors (Lipinski definition) is 4. The molecule has 1 amide bonds. The summed E-state index contributed by atoms with van der Waals surface area (Å²) in [4.78, 5) is 18.4. The van der Waals surface area contributed by atoms with Gasteiger partial charge < -0.3 is 20.7 Å². The number of aliphatic imine (C=N–C) groups is 1. The molecule has 1 unspecified atom stereocenters. The fraction of sp³-hybridized carbons (Fsp3) is 0.429. The molecule has 2 aromatic rings. The lowest BCUT2D eigenvalue weighted by Gasteiger charge is -2.17. The third-order valence-electron chi connectivity index (χ3n) is 3.82. The molecular formula is C21H30N4O2S. The summed E-state index contributed by atoms with van der Waals surface area (Å²) in [7, 11) is 0. The molecule has 1 heterocycles. The number of aryl methyl sites for hydroxylation is 1. The number of carbonyl (C=O) groups is 1. The first-order valence-corrected chi connectivity index (χ1v) is 10.4. The highest BCUT2D eigenvalue weighted by Gasteiger charge is 2.08. The Hall–Kier alpha value is -2.54. The molecule has 0 bridgehead atoms. The van der Waals surface area contributed by atoms with Crippen LogP contribution in [0, 0.1) is 6.92 Å². The number of thiophene rings is 1. The van der Waals surface area contributed by atoms with Gasteiger partial charge in [-0.3, -0.25) is 4.79 Å². The van der Waals surface area contributed by atoms with Gasteiger partial charge in [-0.25, -0.2) is 4.99 Å². The van der Waals surface area contributed by atoms with E-state index in [-0.39, 0.29) is 11.9 Å². The van der Waals surface area contributed by atoms with E-state index in [0.29, 0.717) is 18.9 Å².